The summed E-state index contributed by atoms with van der Waals surface area (Å²) in [5.74, 6) is 0.383. The summed E-state index contributed by atoms with van der Waals surface area (Å²) in [5, 5.41) is 3.62. The molecule has 1 amide bonds. The van der Waals surface area contributed by atoms with Crippen LogP contribution in [0.4, 0.5) is 0 Å². The molecular formula is C14H17ClN2O2. The van der Waals surface area contributed by atoms with Gasteiger partial charge in [0.25, 0.3) is 0 Å². The molecule has 1 aromatic rings. The number of carbonyl (C=O) groups excluding carboxylic acids is 1. The molecule has 4 nitrogen and oxygen atoms in total. The molecule has 5 heteroatoms. The predicted octanol–water partition coefficient (Wildman–Crippen LogP) is 1.11. The Morgan fingerprint density at radius 3 is 3.16 bits per heavy atom. The number of amides is 1. The number of rotatable bonds is 3. The topological polar surface area (TPSA) is 64.3 Å². The van der Waals surface area contributed by atoms with Gasteiger partial charge in [0.1, 0.15) is 0 Å². The fourth-order valence-corrected chi connectivity index (χ4v) is 3.21. The molecule has 1 aliphatic heterocycles. The van der Waals surface area contributed by atoms with Crippen molar-refractivity contribution < 1.29 is 9.53 Å². The number of hydrogen-bond acceptors (Lipinski definition) is 3. The highest BCUT2D eigenvalue weighted by atomic mass is 35.5. The van der Waals surface area contributed by atoms with E-state index in [1.807, 2.05) is 12.1 Å². The molecule has 1 aliphatic carbocycles. The standard InChI is InChI=1S/C14H17ClN2O2/c15-9-3-1-2-8(6-9)7-11(18)17-13-12(16)10-4-5-19-14(10)13/h1-3,6,10,12-14H,4-5,7,16H2,(H,17,18). The molecule has 2 fully saturated rings. The lowest BCUT2D eigenvalue weighted by Crippen LogP contribution is -2.69. The van der Waals surface area contributed by atoms with Gasteiger partial charge in [-0.15, -0.1) is 0 Å². The zero-order valence-electron chi connectivity index (χ0n) is 10.5. The molecule has 2 aliphatic rings. The number of fused-ring (bicyclic) bond motifs is 1. The first-order valence-electron chi connectivity index (χ1n) is 6.56. The molecule has 102 valence electrons. The smallest absolute Gasteiger partial charge is 0.224 e. The molecule has 0 bridgehead atoms. The van der Waals surface area contributed by atoms with Gasteiger partial charge in [-0.25, -0.2) is 0 Å². The van der Waals surface area contributed by atoms with Gasteiger partial charge in [-0.3, -0.25) is 4.79 Å². The van der Waals surface area contributed by atoms with Gasteiger partial charge in [-0.1, -0.05) is 23.7 Å². The summed E-state index contributed by atoms with van der Waals surface area (Å²) in [4.78, 5) is 12.0. The summed E-state index contributed by atoms with van der Waals surface area (Å²) in [6.07, 6.45) is 1.44. The molecule has 0 spiro atoms. The normalized spacial score (nSPS) is 32.5. The predicted molar refractivity (Wildman–Crippen MR) is 72.9 cm³/mol. The molecule has 1 aromatic carbocycles. The van der Waals surface area contributed by atoms with Gasteiger partial charge in [0.15, 0.2) is 0 Å². The van der Waals surface area contributed by atoms with Gasteiger partial charge in [0.2, 0.25) is 5.91 Å². The van der Waals surface area contributed by atoms with E-state index in [1.165, 1.54) is 0 Å². The SMILES string of the molecule is NC1C2CCOC2C1NC(=O)Cc1cccc(Cl)c1. The van der Waals surface area contributed by atoms with E-state index < -0.39 is 0 Å². The molecule has 0 aromatic heterocycles. The van der Waals surface area contributed by atoms with Gasteiger partial charge in [-0.05, 0) is 24.1 Å². The highest BCUT2D eigenvalue weighted by Crippen LogP contribution is 2.37. The Balaban J connectivity index is 1.57. The summed E-state index contributed by atoms with van der Waals surface area (Å²) in [6, 6.07) is 7.31. The summed E-state index contributed by atoms with van der Waals surface area (Å²) in [5.41, 5.74) is 6.96. The van der Waals surface area contributed by atoms with Crippen molar-refractivity contribution in [2.75, 3.05) is 6.61 Å². The number of nitrogens with one attached hydrogen (secondary N) is 1. The monoisotopic (exact) mass is 280 g/mol. The average molecular weight is 281 g/mol. The summed E-state index contributed by atoms with van der Waals surface area (Å²) >= 11 is 5.90. The van der Waals surface area contributed by atoms with Crippen LogP contribution in [0, 0.1) is 5.92 Å². The lowest BCUT2D eigenvalue weighted by molar-refractivity contribution is -0.125. The van der Waals surface area contributed by atoms with Crippen LogP contribution in [0.15, 0.2) is 24.3 Å². The van der Waals surface area contributed by atoms with E-state index in [0.29, 0.717) is 17.4 Å². The Hall–Kier alpha value is -1.10. The second-order valence-corrected chi connectivity index (χ2v) is 5.70. The van der Waals surface area contributed by atoms with E-state index >= 15 is 0 Å². The highest BCUT2D eigenvalue weighted by molar-refractivity contribution is 6.30. The van der Waals surface area contributed by atoms with Crippen LogP contribution in [0.3, 0.4) is 0 Å². The van der Waals surface area contributed by atoms with Crippen molar-refractivity contribution in [2.24, 2.45) is 11.7 Å². The first kappa shape index (κ1) is 12.9. The minimum atomic E-state index is -0.0424. The van der Waals surface area contributed by atoms with E-state index in [4.69, 9.17) is 22.1 Å². The molecule has 4 unspecified atom stereocenters. The lowest BCUT2D eigenvalue weighted by atomic mass is 9.72. The fourth-order valence-electron chi connectivity index (χ4n) is 3.00. The third kappa shape index (κ3) is 2.48. The van der Waals surface area contributed by atoms with Crippen molar-refractivity contribution in [3.63, 3.8) is 0 Å². The van der Waals surface area contributed by atoms with Crippen LogP contribution < -0.4 is 11.1 Å². The second-order valence-electron chi connectivity index (χ2n) is 5.27. The zero-order chi connectivity index (χ0) is 13.4. The molecule has 3 rings (SSSR count). The van der Waals surface area contributed by atoms with E-state index in [0.717, 1.165) is 18.6 Å². The molecule has 1 heterocycles. The van der Waals surface area contributed by atoms with Crippen LogP contribution in [0.2, 0.25) is 5.02 Å². The minimum absolute atomic E-state index is 0.0239. The number of halogens is 1. The Labute approximate surface area is 117 Å². The highest BCUT2D eigenvalue weighted by Gasteiger charge is 2.52. The number of ether oxygens (including phenoxy) is 1. The van der Waals surface area contributed by atoms with Crippen molar-refractivity contribution >= 4 is 17.5 Å². The summed E-state index contributed by atoms with van der Waals surface area (Å²) in [7, 11) is 0. The minimum Gasteiger partial charge on any atom is -0.376 e. The Bertz CT molecular complexity index is 494. The van der Waals surface area contributed by atoms with Crippen LogP contribution in [0.5, 0.6) is 0 Å². The summed E-state index contributed by atoms with van der Waals surface area (Å²) < 4.78 is 5.59. The van der Waals surface area contributed by atoms with E-state index in [1.54, 1.807) is 12.1 Å². The fraction of sp³-hybridized carbons (Fsp3) is 0.500. The first-order chi connectivity index (χ1) is 9.15. The van der Waals surface area contributed by atoms with Crippen LogP contribution in [-0.4, -0.2) is 30.7 Å². The Morgan fingerprint density at radius 1 is 1.53 bits per heavy atom. The molecular weight excluding hydrogens is 264 g/mol. The number of benzene rings is 1. The van der Waals surface area contributed by atoms with E-state index in [2.05, 4.69) is 5.32 Å². The van der Waals surface area contributed by atoms with Crippen molar-refractivity contribution in [1.29, 1.82) is 0 Å². The van der Waals surface area contributed by atoms with Gasteiger partial charge in [0, 0.05) is 23.6 Å². The van der Waals surface area contributed by atoms with Gasteiger partial charge >= 0.3 is 0 Å². The second kappa shape index (κ2) is 5.12. The summed E-state index contributed by atoms with van der Waals surface area (Å²) in [6.45, 7) is 0.754. The molecule has 19 heavy (non-hydrogen) atoms. The third-order valence-electron chi connectivity index (χ3n) is 4.03. The maximum Gasteiger partial charge on any atom is 0.224 e. The zero-order valence-corrected chi connectivity index (χ0v) is 11.3. The average Bonchev–Trinajstić information content (AvgIpc) is 2.80. The first-order valence-corrected chi connectivity index (χ1v) is 6.94. The van der Waals surface area contributed by atoms with Crippen LogP contribution in [-0.2, 0) is 16.0 Å². The number of hydrogen-bond donors (Lipinski definition) is 2. The van der Waals surface area contributed by atoms with Crippen LogP contribution >= 0.6 is 11.6 Å². The Morgan fingerprint density at radius 2 is 2.37 bits per heavy atom. The van der Waals surface area contributed by atoms with Gasteiger partial charge in [-0.2, -0.15) is 0 Å². The largest absolute Gasteiger partial charge is 0.376 e. The van der Waals surface area contributed by atoms with Gasteiger partial charge in [0.05, 0.1) is 18.6 Å². The van der Waals surface area contributed by atoms with Gasteiger partial charge < -0.3 is 15.8 Å². The van der Waals surface area contributed by atoms with E-state index in [9.17, 15) is 4.79 Å². The Kier molecular flexibility index (Phi) is 3.48. The molecule has 0 radical (unpaired) electrons. The van der Waals surface area contributed by atoms with Crippen LogP contribution in [0.25, 0.3) is 0 Å². The van der Waals surface area contributed by atoms with E-state index in [-0.39, 0.29) is 24.1 Å². The number of nitrogens with two attached hydrogens (primary N) is 1. The third-order valence-corrected chi connectivity index (χ3v) is 4.26. The maximum absolute atomic E-state index is 12.0. The van der Waals surface area contributed by atoms with Crippen molar-refractivity contribution in [3.05, 3.63) is 34.9 Å². The lowest BCUT2D eigenvalue weighted by Gasteiger charge is -2.45. The molecule has 1 saturated heterocycles. The van der Waals surface area contributed by atoms with Crippen molar-refractivity contribution in [1.82, 2.24) is 5.32 Å². The quantitative estimate of drug-likeness (QED) is 0.872. The van der Waals surface area contributed by atoms with Crippen molar-refractivity contribution in [2.45, 2.75) is 31.0 Å². The van der Waals surface area contributed by atoms with Crippen LogP contribution in [0.1, 0.15) is 12.0 Å². The molecule has 1 saturated carbocycles. The molecule has 4 atom stereocenters. The maximum atomic E-state index is 12.0. The number of carbonyl (C=O) groups is 1. The van der Waals surface area contributed by atoms with Crippen molar-refractivity contribution in [3.8, 4) is 0 Å². The molecule has 3 N–H and O–H groups in total.